The van der Waals surface area contributed by atoms with Gasteiger partial charge in [0.2, 0.25) is 0 Å². The highest BCUT2D eigenvalue weighted by Crippen LogP contribution is 2.23. The lowest BCUT2D eigenvalue weighted by molar-refractivity contribution is 0.0993. The van der Waals surface area contributed by atoms with E-state index in [1.54, 1.807) is 31.3 Å². The van der Waals surface area contributed by atoms with Gasteiger partial charge in [0.05, 0.1) is 5.69 Å². The summed E-state index contributed by atoms with van der Waals surface area (Å²) in [6.45, 7) is 1.86. The normalized spacial score (nSPS) is 10.2. The number of thiocarbonyl (C=S) groups is 1. The van der Waals surface area contributed by atoms with Crippen LogP contribution in [0.3, 0.4) is 0 Å². The number of nitrogens with two attached hydrogens (primary N) is 1. The van der Waals surface area contributed by atoms with Crippen molar-refractivity contribution >= 4 is 40.4 Å². The van der Waals surface area contributed by atoms with E-state index in [0.29, 0.717) is 21.8 Å². The second-order valence-corrected chi connectivity index (χ2v) is 5.56. The smallest absolute Gasteiger partial charge is 0.258 e. The number of carbonyl (C=O) groups is 1. The van der Waals surface area contributed by atoms with Gasteiger partial charge in [-0.2, -0.15) is 0 Å². The topological polar surface area (TPSA) is 46.3 Å². The van der Waals surface area contributed by atoms with Crippen molar-refractivity contribution in [2.45, 2.75) is 6.92 Å². The van der Waals surface area contributed by atoms with E-state index >= 15 is 0 Å². The van der Waals surface area contributed by atoms with Crippen LogP contribution in [-0.4, -0.2) is 17.9 Å². The molecule has 0 heterocycles. The Morgan fingerprint density at radius 3 is 2.52 bits per heavy atom. The van der Waals surface area contributed by atoms with E-state index in [-0.39, 0.29) is 10.9 Å². The van der Waals surface area contributed by atoms with Crippen LogP contribution in [-0.2, 0) is 0 Å². The van der Waals surface area contributed by atoms with Gasteiger partial charge in [-0.3, -0.25) is 4.79 Å². The van der Waals surface area contributed by atoms with Gasteiger partial charge in [0.25, 0.3) is 5.91 Å². The third-order valence-electron chi connectivity index (χ3n) is 3.24. The number of halogens is 1. The Bertz CT molecular complexity index is 715. The number of anilines is 1. The molecule has 1 amide bonds. The van der Waals surface area contributed by atoms with Crippen molar-refractivity contribution in [1.29, 1.82) is 0 Å². The number of benzene rings is 2. The molecule has 0 bridgehead atoms. The molecule has 21 heavy (non-hydrogen) atoms. The summed E-state index contributed by atoms with van der Waals surface area (Å²) in [6, 6.07) is 12.5. The van der Waals surface area contributed by atoms with Crippen molar-refractivity contribution in [3.8, 4) is 0 Å². The van der Waals surface area contributed by atoms with Gasteiger partial charge >= 0.3 is 0 Å². The molecule has 0 radical (unpaired) electrons. The molecule has 2 aromatic rings. The minimum Gasteiger partial charge on any atom is -0.389 e. The van der Waals surface area contributed by atoms with E-state index in [4.69, 9.17) is 29.6 Å². The van der Waals surface area contributed by atoms with E-state index in [2.05, 4.69) is 0 Å². The highest BCUT2D eigenvalue weighted by molar-refractivity contribution is 7.80. The first-order chi connectivity index (χ1) is 9.91. The van der Waals surface area contributed by atoms with Crippen LogP contribution in [0.15, 0.2) is 42.5 Å². The zero-order chi connectivity index (χ0) is 15.6. The van der Waals surface area contributed by atoms with Gasteiger partial charge < -0.3 is 10.6 Å². The predicted octanol–water partition coefficient (Wildman–Crippen LogP) is 3.56. The second kappa shape index (κ2) is 6.24. The summed E-state index contributed by atoms with van der Waals surface area (Å²) in [5, 5.41) is 0.637. The summed E-state index contributed by atoms with van der Waals surface area (Å²) in [5.41, 5.74) is 8.50. The van der Waals surface area contributed by atoms with Gasteiger partial charge in [0.1, 0.15) is 4.99 Å². The molecule has 108 valence electrons. The molecule has 0 saturated carbocycles. The quantitative estimate of drug-likeness (QED) is 0.880. The Labute approximate surface area is 134 Å². The first-order valence-corrected chi connectivity index (χ1v) is 7.13. The fourth-order valence-corrected chi connectivity index (χ4v) is 2.35. The van der Waals surface area contributed by atoms with Gasteiger partial charge in [-0.15, -0.1) is 0 Å². The number of aryl methyl sites for hydroxylation is 1. The van der Waals surface area contributed by atoms with Gasteiger partial charge in [0, 0.05) is 23.2 Å². The van der Waals surface area contributed by atoms with Gasteiger partial charge in [-0.1, -0.05) is 36.0 Å². The maximum Gasteiger partial charge on any atom is 0.258 e. The first kappa shape index (κ1) is 15.5. The van der Waals surface area contributed by atoms with E-state index in [0.717, 1.165) is 5.56 Å². The highest BCUT2D eigenvalue weighted by Gasteiger charge is 2.17. The van der Waals surface area contributed by atoms with Crippen LogP contribution in [0.2, 0.25) is 5.02 Å². The molecule has 0 fully saturated rings. The molecule has 0 unspecified atom stereocenters. The molecule has 0 atom stereocenters. The summed E-state index contributed by atoms with van der Waals surface area (Å²) >= 11 is 11.0. The molecular formula is C16H15ClN2OS. The van der Waals surface area contributed by atoms with E-state index in [9.17, 15) is 4.79 Å². The van der Waals surface area contributed by atoms with Crippen LogP contribution >= 0.6 is 23.8 Å². The van der Waals surface area contributed by atoms with Crippen LogP contribution in [0.5, 0.6) is 0 Å². The largest absolute Gasteiger partial charge is 0.389 e. The van der Waals surface area contributed by atoms with Gasteiger partial charge in [-0.25, -0.2) is 0 Å². The maximum absolute atomic E-state index is 12.6. The third-order valence-corrected chi connectivity index (χ3v) is 3.88. The third kappa shape index (κ3) is 3.23. The molecule has 0 spiro atoms. The molecule has 3 nitrogen and oxygen atoms in total. The number of hydrogen-bond acceptors (Lipinski definition) is 2. The number of hydrogen-bond donors (Lipinski definition) is 1. The number of nitrogens with zero attached hydrogens (tertiary/aromatic N) is 1. The summed E-state index contributed by atoms with van der Waals surface area (Å²) < 4.78 is 0. The molecule has 0 saturated heterocycles. The average Bonchev–Trinajstić information content (AvgIpc) is 2.48. The number of amides is 1. The maximum atomic E-state index is 12.6. The van der Waals surface area contributed by atoms with Crippen molar-refractivity contribution in [3.05, 3.63) is 64.2 Å². The Kier molecular flexibility index (Phi) is 4.60. The standard InChI is InChI=1S/C16H15ClN2OS/c1-10-9-11(7-8-13(10)17)16(20)19(2)14-6-4-3-5-12(14)15(18)21/h3-9H,1-2H3,(H2,18,21). The molecule has 2 rings (SSSR count). The lowest BCUT2D eigenvalue weighted by Crippen LogP contribution is -2.28. The lowest BCUT2D eigenvalue weighted by atomic mass is 10.1. The van der Waals surface area contributed by atoms with Gasteiger partial charge in [-0.05, 0) is 42.8 Å². The first-order valence-electron chi connectivity index (χ1n) is 6.35. The van der Waals surface area contributed by atoms with Crippen LogP contribution in [0, 0.1) is 6.92 Å². The Balaban J connectivity index is 2.40. The Hall–Kier alpha value is -1.91. The molecule has 0 aromatic heterocycles. The van der Waals surface area contributed by atoms with Crippen molar-refractivity contribution in [2.75, 3.05) is 11.9 Å². The minimum absolute atomic E-state index is 0.140. The zero-order valence-corrected chi connectivity index (χ0v) is 13.3. The summed E-state index contributed by atoms with van der Waals surface area (Å²) in [4.78, 5) is 14.4. The van der Waals surface area contributed by atoms with E-state index < -0.39 is 0 Å². The summed E-state index contributed by atoms with van der Waals surface area (Å²) in [5.74, 6) is -0.140. The zero-order valence-electron chi connectivity index (χ0n) is 11.8. The molecular weight excluding hydrogens is 304 g/mol. The lowest BCUT2D eigenvalue weighted by Gasteiger charge is -2.20. The molecule has 0 aliphatic carbocycles. The van der Waals surface area contributed by atoms with Gasteiger partial charge in [0.15, 0.2) is 0 Å². The Morgan fingerprint density at radius 2 is 1.90 bits per heavy atom. The summed E-state index contributed by atoms with van der Waals surface area (Å²) in [6.07, 6.45) is 0. The number of carbonyl (C=O) groups excluding carboxylic acids is 1. The molecule has 2 N–H and O–H groups in total. The minimum atomic E-state index is -0.140. The van der Waals surface area contributed by atoms with Crippen LogP contribution in [0.25, 0.3) is 0 Å². The van der Waals surface area contributed by atoms with Crippen molar-refractivity contribution < 1.29 is 4.79 Å². The number of rotatable bonds is 3. The SMILES string of the molecule is Cc1cc(C(=O)N(C)c2ccccc2C(N)=S)ccc1Cl. The van der Waals surface area contributed by atoms with Crippen molar-refractivity contribution in [2.24, 2.45) is 5.73 Å². The molecule has 0 aliphatic rings. The van der Waals surface area contributed by atoms with E-state index in [1.165, 1.54) is 4.90 Å². The molecule has 2 aromatic carbocycles. The van der Waals surface area contributed by atoms with Crippen molar-refractivity contribution in [3.63, 3.8) is 0 Å². The Morgan fingerprint density at radius 1 is 1.24 bits per heavy atom. The fraction of sp³-hybridized carbons (Fsp3) is 0.125. The highest BCUT2D eigenvalue weighted by atomic mass is 35.5. The van der Waals surface area contributed by atoms with Crippen LogP contribution < -0.4 is 10.6 Å². The second-order valence-electron chi connectivity index (χ2n) is 4.71. The monoisotopic (exact) mass is 318 g/mol. The van der Waals surface area contributed by atoms with Crippen LogP contribution in [0.1, 0.15) is 21.5 Å². The molecule has 5 heteroatoms. The average molecular weight is 319 g/mol. The predicted molar refractivity (Wildman–Crippen MR) is 91.3 cm³/mol. The van der Waals surface area contributed by atoms with E-state index in [1.807, 2.05) is 25.1 Å². The molecule has 0 aliphatic heterocycles. The summed E-state index contributed by atoms with van der Waals surface area (Å²) in [7, 11) is 1.70. The van der Waals surface area contributed by atoms with Crippen molar-refractivity contribution in [1.82, 2.24) is 0 Å². The number of para-hydroxylation sites is 1. The van der Waals surface area contributed by atoms with Crippen LogP contribution in [0.4, 0.5) is 5.69 Å². The fourth-order valence-electron chi connectivity index (χ4n) is 2.06.